The maximum absolute atomic E-state index is 12.4. The minimum Gasteiger partial charge on any atom is -0.453 e. The number of methoxy groups -OCH3 is 1. The van der Waals surface area contributed by atoms with Gasteiger partial charge >= 0.3 is 6.09 Å². The molecule has 1 unspecified atom stereocenters. The molecular formula is C14H24N2O3. The van der Waals surface area contributed by atoms with Crippen molar-refractivity contribution in [1.82, 2.24) is 9.80 Å². The third-order valence-electron chi connectivity index (χ3n) is 4.25. The molecule has 1 atom stereocenters. The first-order valence-electron chi connectivity index (χ1n) is 7.23. The lowest BCUT2D eigenvalue weighted by Crippen LogP contribution is -2.46. The van der Waals surface area contributed by atoms with Crippen molar-refractivity contribution >= 4 is 12.0 Å². The first kappa shape index (κ1) is 14.2. The van der Waals surface area contributed by atoms with Crippen LogP contribution in [0.1, 0.15) is 32.6 Å². The molecule has 2 fully saturated rings. The van der Waals surface area contributed by atoms with Gasteiger partial charge in [0.15, 0.2) is 0 Å². The minimum absolute atomic E-state index is 0.0891. The third kappa shape index (κ3) is 3.39. The molecule has 5 heteroatoms. The number of ether oxygens (including phenoxy) is 1. The number of likely N-dealkylation sites (tertiary alicyclic amines) is 2. The second kappa shape index (κ2) is 6.26. The first-order chi connectivity index (χ1) is 9.11. The van der Waals surface area contributed by atoms with Crippen molar-refractivity contribution < 1.29 is 14.3 Å². The Balaban J connectivity index is 1.83. The number of amides is 2. The van der Waals surface area contributed by atoms with E-state index in [1.807, 2.05) is 4.90 Å². The van der Waals surface area contributed by atoms with Crippen LogP contribution in [0.25, 0.3) is 0 Å². The van der Waals surface area contributed by atoms with Crippen molar-refractivity contribution in [1.29, 1.82) is 0 Å². The maximum atomic E-state index is 12.4. The highest BCUT2D eigenvalue weighted by Gasteiger charge is 2.31. The van der Waals surface area contributed by atoms with Gasteiger partial charge in [0.05, 0.1) is 7.11 Å². The normalized spacial score (nSPS) is 25.3. The summed E-state index contributed by atoms with van der Waals surface area (Å²) >= 11 is 0. The van der Waals surface area contributed by atoms with Crippen molar-refractivity contribution in [3.05, 3.63) is 0 Å². The van der Waals surface area contributed by atoms with E-state index in [9.17, 15) is 9.59 Å². The van der Waals surface area contributed by atoms with E-state index in [-0.39, 0.29) is 17.9 Å². The molecule has 2 heterocycles. The molecule has 0 bridgehead atoms. The first-order valence-corrected chi connectivity index (χ1v) is 7.23. The monoisotopic (exact) mass is 268 g/mol. The van der Waals surface area contributed by atoms with E-state index in [1.165, 1.54) is 13.5 Å². The Kier molecular flexibility index (Phi) is 4.66. The summed E-state index contributed by atoms with van der Waals surface area (Å²) in [6.45, 7) is 5.27. The maximum Gasteiger partial charge on any atom is 0.409 e. The van der Waals surface area contributed by atoms with E-state index < -0.39 is 0 Å². The summed E-state index contributed by atoms with van der Waals surface area (Å²) < 4.78 is 4.71. The van der Waals surface area contributed by atoms with Gasteiger partial charge in [-0.05, 0) is 31.6 Å². The molecule has 0 aliphatic carbocycles. The topological polar surface area (TPSA) is 49.9 Å². The fourth-order valence-corrected chi connectivity index (χ4v) is 3.09. The minimum atomic E-state index is -0.280. The van der Waals surface area contributed by atoms with Crippen molar-refractivity contribution in [3.8, 4) is 0 Å². The number of rotatable bonds is 1. The smallest absolute Gasteiger partial charge is 0.409 e. The SMILES string of the molecule is COC(=O)N1CCC(C(=O)N2CCCC(C)C2)CC1. The van der Waals surface area contributed by atoms with Gasteiger partial charge in [-0.3, -0.25) is 4.79 Å². The third-order valence-corrected chi connectivity index (χ3v) is 4.25. The lowest BCUT2D eigenvalue weighted by Gasteiger charge is -2.36. The number of nitrogens with zero attached hydrogens (tertiary/aromatic N) is 2. The van der Waals surface area contributed by atoms with E-state index in [0.29, 0.717) is 19.0 Å². The van der Waals surface area contributed by atoms with Gasteiger partial charge in [-0.2, -0.15) is 0 Å². The van der Waals surface area contributed by atoms with E-state index in [1.54, 1.807) is 4.90 Å². The quantitative estimate of drug-likeness (QED) is 0.727. The largest absolute Gasteiger partial charge is 0.453 e. The molecule has 0 aromatic rings. The molecule has 0 aromatic heterocycles. The Hall–Kier alpha value is -1.26. The van der Waals surface area contributed by atoms with E-state index in [2.05, 4.69) is 6.92 Å². The van der Waals surface area contributed by atoms with Crippen molar-refractivity contribution in [2.75, 3.05) is 33.3 Å². The van der Waals surface area contributed by atoms with Crippen LogP contribution in [0.15, 0.2) is 0 Å². The summed E-state index contributed by atoms with van der Waals surface area (Å²) in [4.78, 5) is 27.5. The molecule has 2 aliphatic heterocycles. The highest BCUT2D eigenvalue weighted by atomic mass is 16.5. The Morgan fingerprint density at radius 1 is 1.05 bits per heavy atom. The molecule has 2 amide bonds. The average Bonchev–Trinajstić information content (AvgIpc) is 2.46. The summed E-state index contributed by atoms with van der Waals surface area (Å²) in [5.74, 6) is 0.995. The zero-order valence-corrected chi connectivity index (χ0v) is 11.9. The van der Waals surface area contributed by atoms with Crippen molar-refractivity contribution in [2.45, 2.75) is 32.6 Å². The Bertz CT molecular complexity index is 338. The molecule has 19 heavy (non-hydrogen) atoms. The molecule has 2 aliphatic rings. The van der Waals surface area contributed by atoms with Gasteiger partial charge in [0.25, 0.3) is 0 Å². The molecular weight excluding hydrogens is 244 g/mol. The van der Waals surface area contributed by atoms with E-state index in [4.69, 9.17) is 4.74 Å². The average molecular weight is 268 g/mol. The van der Waals surface area contributed by atoms with Crippen LogP contribution in [0.3, 0.4) is 0 Å². The zero-order valence-electron chi connectivity index (χ0n) is 11.9. The van der Waals surface area contributed by atoms with Gasteiger partial charge in [0.1, 0.15) is 0 Å². The van der Waals surface area contributed by atoms with Crippen LogP contribution in [0, 0.1) is 11.8 Å². The van der Waals surface area contributed by atoms with Crippen LogP contribution in [0.2, 0.25) is 0 Å². The fourth-order valence-electron chi connectivity index (χ4n) is 3.09. The van der Waals surface area contributed by atoms with E-state index >= 15 is 0 Å². The standard InChI is InChI=1S/C14H24N2O3/c1-11-4-3-7-16(10-11)13(17)12-5-8-15(9-6-12)14(18)19-2/h11-12H,3-10H2,1-2H3. The lowest BCUT2D eigenvalue weighted by atomic mass is 9.93. The summed E-state index contributed by atoms with van der Waals surface area (Å²) in [5.41, 5.74) is 0. The lowest BCUT2D eigenvalue weighted by molar-refractivity contribution is -0.138. The van der Waals surface area contributed by atoms with Crippen LogP contribution in [0.4, 0.5) is 4.79 Å². The number of carbonyl (C=O) groups is 2. The number of hydrogen-bond acceptors (Lipinski definition) is 3. The number of piperidine rings is 2. The second-order valence-corrected chi connectivity index (χ2v) is 5.76. The van der Waals surface area contributed by atoms with E-state index in [0.717, 1.165) is 32.4 Å². The molecule has 2 saturated heterocycles. The molecule has 5 nitrogen and oxygen atoms in total. The van der Waals surface area contributed by atoms with Crippen LogP contribution >= 0.6 is 0 Å². The van der Waals surface area contributed by atoms with Crippen molar-refractivity contribution in [3.63, 3.8) is 0 Å². The highest BCUT2D eigenvalue weighted by Crippen LogP contribution is 2.23. The summed E-state index contributed by atoms with van der Waals surface area (Å²) in [6.07, 6.45) is 3.59. The van der Waals surface area contributed by atoms with Gasteiger partial charge in [0, 0.05) is 32.1 Å². The molecule has 0 aromatic carbocycles. The summed E-state index contributed by atoms with van der Waals surface area (Å²) in [5, 5.41) is 0. The molecule has 0 saturated carbocycles. The second-order valence-electron chi connectivity index (χ2n) is 5.76. The van der Waals surface area contributed by atoms with Crippen LogP contribution in [-0.4, -0.2) is 55.1 Å². The summed E-state index contributed by atoms with van der Waals surface area (Å²) in [7, 11) is 1.40. The summed E-state index contributed by atoms with van der Waals surface area (Å²) in [6, 6.07) is 0. The van der Waals surface area contributed by atoms with Crippen LogP contribution in [-0.2, 0) is 9.53 Å². The molecule has 2 rings (SSSR count). The zero-order chi connectivity index (χ0) is 13.8. The Labute approximate surface area is 114 Å². The predicted molar refractivity (Wildman–Crippen MR) is 71.7 cm³/mol. The van der Waals surface area contributed by atoms with Gasteiger partial charge in [-0.15, -0.1) is 0 Å². The fraction of sp³-hybridized carbons (Fsp3) is 0.857. The van der Waals surface area contributed by atoms with Gasteiger partial charge in [-0.25, -0.2) is 4.79 Å². The molecule has 0 N–H and O–H groups in total. The van der Waals surface area contributed by atoms with Gasteiger partial charge in [0.2, 0.25) is 5.91 Å². The molecule has 0 radical (unpaired) electrons. The number of hydrogen-bond donors (Lipinski definition) is 0. The number of carbonyl (C=O) groups excluding carboxylic acids is 2. The van der Waals surface area contributed by atoms with Gasteiger partial charge < -0.3 is 14.5 Å². The van der Waals surface area contributed by atoms with Crippen molar-refractivity contribution in [2.24, 2.45) is 11.8 Å². The molecule has 108 valence electrons. The Morgan fingerprint density at radius 2 is 1.74 bits per heavy atom. The van der Waals surface area contributed by atoms with Gasteiger partial charge in [-0.1, -0.05) is 6.92 Å². The molecule has 0 spiro atoms. The van der Waals surface area contributed by atoms with Crippen LogP contribution < -0.4 is 0 Å². The predicted octanol–water partition coefficient (Wildman–Crippen LogP) is 1.72. The Morgan fingerprint density at radius 3 is 2.32 bits per heavy atom. The highest BCUT2D eigenvalue weighted by molar-refractivity contribution is 5.79. The van der Waals surface area contributed by atoms with Crippen LogP contribution in [0.5, 0.6) is 0 Å².